The third-order valence-corrected chi connectivity index (χ3v) is 3.90. The minimum atomic E-state index is -0.321. The molecule has 0 radical (unpaired) electrons. The normalized spacial score (nSPS) is 12.7. The van der Waals surface area contributed by atoms with E-state index in [4.69, 9.17) is 9.15 Å². The second-order valence-electron chi connectivity index (χ2n) is 6.33. The summed E-state index contributed by atoms with van der Waals surface area (Å²) in [5.41, 5.74) is 0.540. The van der Waals surface area contributed by atoms with Gasteiger partial charge < -0.3 is 14.5 Å². The van der Waals surface area contributed by atoms with Crippen LogP contribution in [0.5, 0.6) is 5.75 Å². The second kappa shape index (κ2) is 7.70. The number of aromatic nitrogens is 2. The molecule has 0 fully saturated rings. The maximum atomic E-state index is 12.1. The molecule has 1 atom stereocenters. The molecule has 1 unspecified atom stereocenters. The van der Waals surface area contributed by atoms with Crippen LogP contribution in [0.3, 0.4) is 0 Å². The van der Waals surface area contributed by atoms with E-state index in [0.29, 0.717) is 17.7 Å². The topological polar surface area (TPSA) is 77.2 Å². The van der Waals surface area contributed by atoms with Crippen molar-refractivity contribution in [2.75, 3.05) is 6.61 Å². The summed E-state index contributed by atoms with van der Waals surface area (Å²) in [5, 5.41) is 11.0. The molecule has 0 saturated heterocycles. The third-order valence-electron chi connectivity index (χ3n) is 2.96. The predicted octanol–water partition coefficient (Wildman–Crippen LogP) is 3.53. The van der Waals surface area contributed by atoms with E-state index in [-0.39, 0.29) is 16.7 Å². The van der Waals surface area contributed by atoms with E-state index in [2.05, 4.69) is 15.5 Å². The molecule has 1 aromatic carbocycles. The molecule has 1 aromatic heterocycles. The number of amides is 1. The molecule has 0 bridgehead atoms. The Morgan fingerprint density at radius 2 is 1.96 bits per heavy atom. The Bertz CT molecular complexity index is 677. The molecule has 7 heteroatoms. The number of hydrogen-bond acceptors (Lipinski definition) is 6. The lowest BCUT2D eigenvalue weighted by Crippen LogP contribution is -2.44. The molecule has 24 heavy (non-hydrogen) atoms. The second-order valence-corrected chi connectivity index (χ2v) is 7.62. The maximum absolute atomic E-state index is 12.1. The van der Waals surface area contributed by atoms with Gasteiger partial charge in [0.15, 0.2) is 0 Å². The number of thioether (sulfide) groups is 1. The van der Waals surface area contributed by atoms with Crippen molar-refractivity contribution in [3.8, 4) is 17.2 Å². The van der Waals surface area contributed by atoms with Gasteiger partial charge in [-0.2, -0.15) is 0 Å². The Kier molecular flexibility index (Phi) is 5.88. The van der Waals surface area contributed by atoms with Gasteiger partial charge in [0.05, 0.1) is 11.9 Å². The SMILES string of the molecule is CCOc1ccc(-c2nnc(SC(C)C(=O)NC(C)(C)C)o2)cc1. The van der Waals surface area contributed by atoms with Crippen molar-refractivity contribution in [1.82, 2.24) is 15.5 Å². The number of carbonyl (C=O) groups excluding carboxylic acids is 1. The van der Waals surface area contributed by atoms with Gasteiger partial charge in [-0.1, -0.05) is 11.8 Å². The lowest BCUT2D eigenvalue weighted by Gasteiger charge is -2.22. The highest BCUT2D eigenvalue weighted by Crippen LogP contribution is 2.27. The molecular weight excluding hydrogens is 326 g/mol. The zero-order chi connectivity index (χ0) is 17.7. The molecule has 1 heterocycles. The summed E-state index contributed by atoms with van der Waals surface area (Å²) < 4.78 is 11.0. The third kappa shape index (κ3) is 5.26. The van der Waals surface area contributed by atoms with Gasteiger partial charge in [0.1, 0.15) is 5.75 Å². The first-order valence-corrected chi connectivity index (χ1v) is 8.72. The summed E-state index contributed by atoms with van der Waals surface area (Å²) in [5.74, 6) is 1.15. The van der Waals surface area contributed by atoms with Gasteiger partial charge in [-0.15, -0.1) is 10.2 Å². The molecule has 0 aliphatic rings. The molecule has 0 aliphatic heterocycles. The van der Waals surface area contributed by atoms with Crippen molar-refractivity contribution in [3.63, 3.8) is 0 Å². The summed E-state index contributed by atoms with van der Waals surface area (Å²) in [6.07, 6.45) is 0. The molecule has 1 N–H and O–H groups in total. The van der Waals surface area contributed by atoms with E-state index < -0.39 is 0 Å². The molecule has 0 aliphatic carbocycles. The highest BCUT2D eigenvalue weighted by molar-refractivity contribution is 8.00. The van der Waals surface area contributed by atoms with Gasteiger partial charge in [0.2, 0.25) is 11.8 Å². The Hall–Kier alpha value is -2.02. The Labute approximate surface area is 146 Å². The van der Waals surface area contributed by atoms with Crippen molar-refractivity contribution in [3.05, 3.63) is 24.3 Å². The van der Waals surface area contributed by atoms with E-state index in [1.165, 1.54) is 11.8 Å². The number of nitrogens with zero attached hydrogens (tertiary/aromatic N) is 2. The van der Waals surface area contributed by atoms with Crippen LogP contribution in [0.2, 0.25) is 0 Å². The lowest BCUT2D eigenvalue weighted by molar-refractivity contribution is -0.121. The molecule has 6 nitrogen and oxygen atoms in total. The zero-order valence-electron chi connectivity index (χ0n) is 14.6. The number of carbonyl (C=O) groups is 1. The van der Waals surface area contributed by atoms with Gasteiger partial charge >= 0.3 is 0 Å². The van der Waals surface area contributed by atoms with E-state index in [1.54, 1.807) is 0 Å². The lowest BCUT2D eigenvalue weighted by atomic mass is 10.1. The molecule has 2 aromatic rings. The minimum Gasteiger partial charge on any atom is -0.494 e. The molecule has 0 spiro atoms. The highest BCUT2D eigenvalue weighted by Gasteiger charge is 2.22. The first-order valence-electron chi connectivity index (χ1n) is 7.84. The number of benzene rings is 1. The van der Waals surface area contributed by atoms with Crippen LogP contribution in [0.15, 0.2) is 33.9 Å². The van der Waals surface area contributed by atoms with Crippen molar-refractivity contribution in [2.24, 2.45) is 0 Å². The number of rotatable bonds is 6. The van der Waals surface area contributed by atoms with Crippen molar-refractivity contribution >= 4 is 17.7 Å². The predicted molar refractivity (Wildman–Crippen MR) is 94.1 cm³/mol. The van der Waals surface area contributed by atoms with Gasteiger partial charge in [-0.25, -0.2) is 0 Å². The first-order chi connectivity index (χ1) is 11.3. The fourth-order valence-corrected chi connectivity index (χ4v) is 2.59. The summed E-state index contributed by atoms with van der Waals surface area (Å²) in [6.45, 7) is 10.2. The molecular formula is C17H23N3O3S. The van der Waals surface area contributed by atoms with E-state index in [0.717, 1.165) is 11.3 Å². The zero-order valence-corrected chi connectivity index (χ0v) is 15.4. The van der Waals surface area contributed by atoms with Crippen LogP contribution in [0.4, 0.5) is 0 Å². The largest absolute Gasteiger partial charge is 0.494 e. The monoisotopic (exact) mass is 349 g/mol. The quantitative estimate of drug-likeness (QED) is 0.804. The number of hydrogen-bond donors (Lipinski definition) is 1. The van der Waals surface area contributed by atoms with Crippen molar-refractivity contribution in [1.29, 1.82) is 0 Å². The van der Waals surface area contributed by atoms with E-state index in [9.17, 15) is 4.79 Å². The fourth-order valence-electron chi connectivity index (χ4n) is 1.91. The molecule has 1 amide bonds. The van der Waals surface area contributed by atoms with Gasteiger partial charge in [0, 0.05) is 11.1 Å². The highest BCUT2D eigenvalue weighted by atomic mass is 32.2. The Balaban J connectivity index is 2.01. The first kappa shape index (κ1) is 18.3. The van der Waals surface area contributed by atoms with Gasteiger partial charge in [-0.05, 0) is 58.9 Å². The summed E-state index contributed by atoms with van der Waals surface area (Å²) in [4.78, 5) is 12.1. The van der Waals surface area contributed by atoms with Gasteiger partial charge in [-0.3, -0.25) is 4.79 Å². The fraction of sp³-hybridized carbons (Fsp3) is 0.471. The smallest absolute Gasteiger partial charge is 0.277 e. The number of ether oxygens (including phenoxy) is 1. The van der Waals surface area contributed by atoms with E-state index in [1.807, 2.05) is 58.9 Å². The summed E-state index contributed by atoms with van der Waals surface area (Å²) in [6, 6.07) is 7.44. The molecule has 2 rings (SSSR count). The number of nitrogens with one attached hydrogen (secondary N) is 1. The summed E-state index contributed by atoms with van der Waals surface area (Å²) >= 11 is 1.24. The van der Waals surface area contributed by atoms with Crippen LogP contribution in [-0.4, -0.2) is 33.5 Å². The van der Waals surface area contributed by atoms with Crippen LogP contribution in [0.1, 0.15) is 34.6 Å². The summed E-state index contributed by atoms with van der Waals surface area (Å²) in [7, 11) is 0. The average Bonchev–Trinajstić information content (AvgIpc) is 2.95. The molecule has 130 valence electrons. The Morgan fingerprint density at radius 3 is 2.54 bits per heavy atom. The van der Waals surface area contributed by atoms with Crippen LogP contribution < -0.4 is 10.1 Å². The maximum Gasteiger partial charge on any atom is 0.277 e. The van der Waals surface area contributed by atoms with Crippen LogP contribution in [0.25, 0.3) is 11.5 Å². The van der Waals surface area contributed by atoms with Crippen LogP contribution >= 0.6 is 11.8 Å². The van der Waals surface area contributed by atoms with Crippen LogP contribution in [-0.2, 0) is 4.79 Å². The standard InChI is InChI=1S/C17H23N3O3S/c1-6-22-13-9-7-12(8-10-13)15-19-20-16(23-15)24-11(2)14(21)18-17(3,4)5/h7-11H,6H2,1-5H3,(H,18,21). The average molecular weight is 349 g/mol. The van der Waals surface area contributed by atoms with Crippen molar-refractivity contribution < 1.29 is 13.9 Å². The van der Waals surface area contributed by atoms with Crippen LogP contribution in [0, 0.1) is 0 Å². The minimum absolute atomic E-state index is 0.0617. The van der Waals surface area contributed by atoms with E-state index >= 15 is 0 Å². The van der Waals surface area contributed by atoms with Crippen molar-refractivity contribution in [2.45, 2.75) is 50.6 Å². The molecule has 0 saturated carbocycles. The van der Waals surface area contributed by atoms with Gasteiger partial charge in [0.25, 0.3) is 5.22 Å². The Morgan fingerprint density at radius 1 is 1.29 bits per heavy atom.